The number of hydrogen-bond acceptors (Lipinski definition) is 4. The Morgan fingerprint density at radius 3 is 2.35 bits per heavy atom. The van der Waals surface area contributed by atoms with E-state index in [9.17, 15) is 13.2 Å². The first-order valence-electron chi connectivity index (χ1n) is 5.66. The molecular formula is C12H13N3O4S. The van der Waals surface area contributed by atoms with Crippen molar-refractivity contribution in [1.82, 2.24) is 9.55 Å². The van der Waals surface area contributed by atoms with Gasteiger partial charge in [0.1, 0.15) is 5.82 Å². The lowest BCUT2D eigenvalue weighted by Crippen LogP contribution is -2.13. The number of aromatic nitrogens is 2. The smallest absolute Gasteiger partial charge is 0.335 e. The van der Waals surface area contributed by atoms with Crippen molar-refractivity contribution in [2.24, 2.45) is 7.05 Å². The topological polar surface area (TPSA) is 101 Å². The Hall–Kier alpha value is -2.35. The summed E-state index contributed by atoms with van der Waals surface area (Å²) in [7, 11) is -2.08. The Bertz CT molecular complexity index is 728. The van der Waals surface area contributed by atoms with Crippen LogP contribution < -0.4 is 4.72 Å². The number of rotatable bonds is 4. The Labute approximate surface area is 115 Å². The molecule has 0 fully saturated rings. The number of benzene rings is 1. The summed E-state index contributed by atoms with van der Waals surface area (Å²) < 4.78 is 28.1. The fraction of sp³-hybridized carbons (Fsp3) is 0.167. The van der Waals surface area contributed by atoms with Gasteiger partial charge in [0.05, 0.1) is 5.56 Å². The van der Waals surface area contributed by atoms with Gasteiger partial charge in [-0.1, -0.05) is 0 Å². The summed E-state index contributed by atoms with van der Waals surface area (Å²) in [6.45, 7) is 1.70. The molecular weight excluding hydrogens is 282 g/mol. The van der Waals surface area contributed by atoms with Gasteiger partial charge >= 0.3 is 5.97 Å². The number of nitrogens with one attached hydrogen (secondary N) is 1. The maximum Gasteiger partial charge on any atom is 0.335 e. The summed E-state index contributed by atoms with van der Waals surface area (Å²) in [4.78, 5) is 14.6. The molecule has 0 atom stereocenters. The third-order valence-corrected chi connectivity index (χ3v) is 4.00. The zero-order valence-electron chi connectivity index (χ0n) is 10.9. The average molecular weight is 295 g/mol. The van der Waals surface area contributed by atoms with Crippen LogP contribution in [0.3, 0.4) is 0 Å². The predicted octanol–water partition coefficient (Wildman–Crippen LogP) is 1.23. The van der Waals surface area contributed by atoms with Crippen molar-refractivity contribution >= 4 is 21.7 Å². The van der Waals surface area contributed by atoms with Crippen LogP contribution >= 0.6 is 0 Å². The van der Waals surface area contributed by atoms with E-state index in [0.29, 0.717) is 5.82 Å². The lowest BCUT2D eigenvalue weighted by molar-refractivity contribution is 0.0697. The first kappa shape index (κ1) is 14.1. The van der Waals surface area contributed by atoms with E-state index < -0.39 is 16.0 Å². The molecule has 0 unspecified atom stereocenters. The number of imidazole rings is 1. The van der Waals surface area contributed by atoms with E-state index in [4.69, 9.17) is 5.11 Å². The lowest BCUT2D eigenvalue weighted by atomic mass is 10.2. The molecule has 0 spiro atoms. The Morgan fingerprint density at radius 2 is 1.90 bits per heavy atom. The lowest BCUT2D eigenvalue weighted by Gasteiger charge is -2.05. The highest BCUT2D eigenvalue weighted by Crippen LogP contribution is 2.16. The van der Waals surface area contributed by atoms with Gasteiger partial charge in [0, 0.05) is 18.9 Å². The molecule has 0 saturated heterocycles. The normalized spacial score (nSPS) is 11.3. The number of carboxylic acids is 1. The summed E-state index contributed by atoms with van der Waals surface area (Å²) in [5.41, 5.74) is 0.361. The summed E-state index contributed by atoms with van der Waals surface area (Å²) in [6.07, 6.45) is 1.41. The van der Waals surface area contributed by atoms with Gasteiger partial charge in [-0.3, -0.25) is 4.72 Å². The molecule has 0 aliphatic rings. The third kappa shape index (κ3) is 2.80. The van der Waals surface area contributed by atoms with E-state index >= 15 is 0 Å². The predicted molar refractivity (Wildman–Crippen MR) is 72.2 cm³/mol. The zero-order chi connectivity index (χ0) is 14.9. The van der Waals surface area contributed by atoms with Gasteiger partial charge in [0.25, 0.3) is 10.0 Å². The summed E-state index contributed by atoms with van der Waals surface area (Å²) in [6, 6.07) is 5.42. The molecule has 8 heteroatoms. The summed E-state index contributed by atoms with van der Waals surface area (Å²) in [5, 5.41) is 8.68. The number of hydrogen-bond donors (Lipinski definition) is 2. The van der Waals surface area contributed by atoms with Gasteiger partial charge < -0.3 is 9.67 Å². The minimum atomic E-state index is -3.78. The molecule has 7 nitrogen and oxygen atoms in total. The molecule has 0 amide bonds. The monoisotopic (exact) mass is 295 g/mol. The number of aromatic carboxylic acids is 1. The molecule has 2 rings (SSSR count). The Kier molecular flexibility index (Phi) is 3.49. The van der Waals surface area contributed by atoms with Crippen molar-refractivity contribution in [1.29, 1.82) is 0 Å². The van der Waals surface area contributed by atoms with Crippen molar-refractivity contribution in [2.45, 2.75) is 11.9 Å². The van der Waals surface area contributed by atoms with E-state index in [1.807, 2.05) is 0 Å². The van der Waals surface area contributed by atoms with Crippen LogP contribution in [0.4, 0.5) is 5.69 Å². The molecule has 1 aromatic heterocycles. The second kappa shape index (κ2) is 4.97. The van der Waals surface area contributed by atoms with Crippen LogP contribution in [0.2, 0.25) is 0 Å². The van der Waals surface area contributed by atoms with Gasteiger partial charge in [-0.15, -0.1) is 0 Å². The molecule has 1 heterocycles. The molecule has 106 valence electrons. The Morgan fingerprint density at radius 1 is 1.30 bits per heavy atom. The van der Waals surface area contributed by atoms with Crippen molar-refractivity contribution in [2.75, 3.05) is 4.72 Å². The van der Waals surface area contributed by atoms with Crippen molar-refractivity contribution in [3.05, 3.63) is 41.9 Å². The molecule has 0 saturated carbocycles. The fourth-order valence-corrected chi connectivity index (χ4v) is 2.64. The summed E-state index contributed by atoms with van der Waals surface area (Å²) in [5.74, 6) is -0.494. The van der Waals surface area contributed by atoms with Gasteiger partial charge in [0.15, 0.2) is 5.03 Å². The number of carbonyl (C=O) groups is 1. The van der Waals surface area contributed by atoms with E-state index in [-0.39, 0.29) is 16.3 Å². The highest BCUT2D eigenvalue weighted by molar-refractivity contribution is 7.92. The number of nitrogens with zero attached hydrogens (tertiary/aromatic N) is 2. The second-order valence-electron chi connectivity index (χ2n) is 4.23. The number of anilines is 1. The maximum absolute atomic E-state index is 12.1. The first-order chi connectivity index (χ1) is 9.29. The third-order valence-electron chi connectivity index (χ3n) is 2.75. The van der Waals surface area contributed by atoms with Crippen molar-refractivity contribution in [3.8, 4) is 0 Å². The van der Waals surface area contributed by atoms with Gasteiger partial charge in [0.2, 0.25) is 0 Å². The molecule has 1 aromatic carbocycles. The SMILES string of the molecule is Cc1nc(S(=O)(=O)Nc2ccc(C(=O)O)cc2)cn1C. The number of aryl methyl sites for hydroxylation is 2. The molecule has 0 aliphatic heterocycles. The van der Waals surface area contributed by atoms with Gasteiger partial charge in [-0.25, -0.2) is 9.78 Å². The van der Waals surface area contributed by atoms with E-state index in [1.165, 1.54) is 30.5 Å². The minimum absolute atomic E-state index is 0.0835. The van der Waals surface area contributed by atoms with E-state index in [0.717, 1.165) is 0 Å². The summed E-state index contributed by atoms with van der Waals surface area (Å²) >= 11 is 0. The van der Waals surface area contributed by atoms with Crippen LogP contribution in [0.15, 0.2) is 35.5 Å². The molecule has 2 aromatic rings. The standard InChI is InChI=1S/C12H13N3O4S/c1-8-13-11(7-15(8)2)20(18,19)14-10-5-3-9(4-6-10)12(16)17/h3-7,14H,1-2H3,(H,16,17). The van der Waals surface area contributed by atoms with Gasteiger partial charge in [-0.05, 0) is 31.2 Å². The Balaban J connectivity index is 2.26. The largest absolute Gasteiger partial charge is 0.478 e. The fourth-order valence-electron chi connectivity index (χ4n) is 1.54. The molecule has 0 radical (unpaired) electrons. The maximum atomic E-state index is 12.1. The highest BCUT2D eigenvalue weighted by atomic mass is 32.2. The van der Waals surface area contributed by atoms with Crippen molar-refractivity contribution < 1.29 is 18.3 Å². The van der Waals surface area contributed by atoms with Crippen LogP contribution in [-0.2, 0) is 17.1 Å². The van der Waals surface area contributed by atoms with Gasteiger partial charge in [-0.2, -0.15) is 8.42 Å². The molecule has 20 heavy (non-hydrogen) atoms. The van der Waals surface area contributed by atoms with Crippen LogP contribution in [0.25, 0.3) is 0 Å². The first-order valence-corrected chi connectivity index (χ1v) is 7.14. The molecule has 0 bridgehead atoms. The zero-order valence-corrected chi connectivity index (χ0v) is 11.7. The quantitative estimate of drug-likeness (QED) is 0.883. The highest BCUT2D eigenvalue weighted by Gasteiger charge is 2.18. The van der Waals surface area contributed by atoms with E-state index in [2.05, 4.69) is 9.71 Å². The minimum Gasteiger partial charge on any atom is -0.478 e. The number of sulfonamides is 1. The molecule has 0 aliphatic carbocycles. The van der Waals surface area contributed by atoms with Crippen LogP contribution in [0, 0.1) is 6.92 Å². The van der Waals surface area contributed by atoms with Crippen LogP contribution in [0.5, 0.6) is 0 Å². The number of carboxylic acid groups (broad SMARTS) is 1. The molecule has 2 N–H and O–H groups in total. The second-order valence-corrected chi connectivity index (χ2v) is 5.85. The van der Waals surface area contributed by atoms with Crippen molar-refractivity contribution in [3.63, 3.8) is 0 Å². The van der Waals surface area contributed by atoms with E-state index in [1.54, 1.807) is 18.5 Å². The average Bonchev–Trinajstić information content (AvgIpc) is 2.71. The van der Waals surface area contributed by atoms with Crippen LogP contribution in [0.1, 0.15) is 16.2 Å². The van der Waals surface area contributed by atoms with Crippen LogP contribution in [-0.4, -0.2) is 29.0 Å².